The van der Waals surface area contributed by atoms with E-state index in [0.29, 0.717) is 19.5 Å². The van der Waals surface area contributed by atoms with Gasteiger partial charge in [0.15, 0.2) is 0 Å². The Hall–Kier alpha value is -3.22. The molecule has 3 rings (SSSR count). The highest BCUT2D eigenvalue weighted by molar-refractivity contribution is 7.84. The SMILES string of the molecule is CC1=C(CC(=O)NCCCN=[N+]=[N-])c2cc(F)ccc2/C1=C\c1ccc(S(C)=O)cc1. The van der Waals surface area contributed by atoms with Gasteiger partial charge in [0.05, 0.1) is 6.42 Å². The number of allylic oxidation sites excluding steroid dienone is 2. The van der Waals surface area contributed by atoms with E-state index in [1.165, 1.54) is 12.1 Å². The van der Waals surface area contributed by atoms with Crippen LogP contribution in [-0.4, -0.2) is 29.5 Å². The van der Waals surface area contributed by atoms with Gasteiger partial charge in [-0.2, -0.15) is 0 Å². The minimum Gasteiger partial charge on any atom is -0.356 e. The van der Waals surface area contributed by atoms with E-state index >= 15 is 0 Å². The highest BCUT2D eigenvalue weighted by Gasteiger charge is 2.25. The van der Waals surface area contributed by atoms with Gasteiger partial charge in [0.1, 0.15) is 5.82 Å². The molecule has 0 fully saturated rings. The zero-order chi connectivity index (χ0) is 22.4. The van der Waals surface area contributed by atoms with Gasteiger partial charge >= 0.3 is 0 Å². The van der Waals surface area contributed by atoms with E-state index in [-0.39, 0.29) is 18.1 Å². The van der Waals surface area contributed by atoms with Crippen molar-refractivity contribution in [2.24, 2.45) is 5.11 Å². The van der Waals surface area contributed by atoms with Crippen molar-refractivity contribution in [3.63, 3.8) is 0 Å². The lowest BCUT2D eigenvalue weighted by molar-refractivity contribution is -0.120. The maximum absolute atomic E-state index is 14.0. The molecule has 2 aromatic carbocycles. The smallest absolute Gasteiger partial charge is 0.224 e. The third kappa shape index (κ3) is 5.48. The molecule has 0 heterocycles. The standard InChI is InChI=1S/C23H23FN4O2S/c1-15-20(12-16-4-7-18(8-5-16)31(2)30)19-9-6-17(24)13-22(19)21(15)14-23(29)26-10-3-11-27-28-25/h4-9,12-13H,3,10-11,14H2,1-2H3,(H,26,29)/b20-12-. The first-order chi connectivity index (χ1) is 14.9. The first-order valence-corrected chi connectivity index (χ1v) is 11.4. The molecule has 1 unspecified atom stereocenters. The number of rotatable bonds is 8. The Morgan fingerprint density at radius 1 is 1.23 bits per heavy atom. The topological polar surface area (TPSA) is 94.9 Å². The minimum absolute atomic E-state index is 0.134. The summed E-state index contributed by atoms with van der Waals surface area (Å²) in [5.74, 6) is -0.517. The van der Waals surface area contributed by atoms with Gasteiger partial charge in [-0.3, -0.25) is 9.00 Å². The van der Waals surface area contributed by atoms with Crippen LogP contribution in [0.2, 0.25) is 0 Å². The molecule has 0 aromatic heterocycles. The van der Waals surface area contributed by atoms with Crippen LogP contribution in [0.4, 0.5) is 4.39 Å². The molecule has 0 bridgehead atoms. The fourth-order valence-electron chi connectivity index (χ4n) is 3.55. The summed E-state index contributed by atoms with van der Waals surface area (Å²) in [6, 6.07) is 12.1. The quantitative estimate of drug-likeness (QED) is 0.269. The Morgan fingerprint density at radius 3 is 2.65 bits per heavy atom. The molecular weight excluding hydrogens is 415 g/mol. The van der Waals surface area contributed by atoms with Crippen LogP contribution in [0.5, 0.6) is 0 Å². The highest BCUT2D eigenvalue weighted by Crippen LogP contribution is 2.43. The van der Waals surface area contributed by atoms with E-state index in [1.54, 1.807) is 12.3 Å². The normalized spacial score (nSPS) is 14.9. The lowest BCUT2D eigenvalue weighted by Crippen LogP contribution is -2.24. The number of amides is 1. The van der Waals surface area contributed by atoms with Crippen molar-refractivity contribution < 1.29 is 13.4 Å². The van der Waals surface area contributed by atoms with Gasteiger partial charge < -0.3 is 5.32 Å². The van der Waals surface area contributed by atoms with Crippen molar-refractivity contribution in [2.45, 2.75) is 24.7 Å². The van der Waals surface area contributed by atoms with E-state index in [2.05, 4.69) is 15.3 Å². The second-order valence-electron chi connectivity index (χ2n) is 7.21. The summed E-state index contributed by atoms with van der Waals surface area (Å²) in [6.07, 6.45) is 4.33. The summed E-state index contributed by atoms with van der Waals surface area (Å²) < 4.78 is 25.6. The van der Waals surface area contributed by atoms with Crippen molar-refractivity contribution >= 4 is 33.9 Å². The van der Waals surface area contributed by atoms with Gasteiger partial charge in [-0.1, -0.05) is 23.3 Å². The number of carbonyl (C=O) groups excluding carboxylic acids is 1. The number of halogens is 1. The van der Waals surface area contributed by atoms with Gasteiger partial charge in [0.25, 0.3) is 0 Å². The van der Waals surface area contributed by atoms with Crippen molar-refractivity contribution in [3.05, 3.63) is 81.0 Å². The van der Waals surface area contributed by atoms with E-state index in [4.69, 9.17) is 5.53 Å². The second-order valence-corrected chi connectivity index (χ2v) is 8.59. The molecule has 0 saturated heterocycles. The van der Waals surface area contributed by atoms with E-state index in [0.717, 1.165) is 38.3 Å². The average Bonchev–Trinajstić information content (AvgIpc) is 2.99. The van der Waals surface area contributed by atoms with Crippen LogP contribution in [0.3, 0.4) is 0 Å². The zero-order valence-corrected chi connectivity index (χ0v) is 18.2. The molecule has 31 heavy (non-hydrogen) atoms. The van der Waals surface area contributed by atoms with Gasteiger partial charge in [-0.05, 0) is 82.6 Å². The van der Waals surface area contributed by atoms with E-state index in [9.17, 15) is 13.4 Å². The van der Waals surface area contributed by atoms with Crippen molar-refractivity contribution in [2.75, 3.05) is 19.3 Å². The summed E-state index contributed by atoms with van der Waals surface area (Å²) in [6.45, 7) is 2.67. The van der Waals surface area contributed by atoms with Crippen molar-refractivity contribution in [1.29, 1.82) is 0 Å². The van der Waals surface area contributed by atoms with Crippen molar-refractivity contribution in [3.8, 4) is 0 Å². The maximum Gasteiger partial charge on any atom is 0.224 e. The van der Waals surface area contributed by atoms with Crippen molar-refractivity contribution in [1.82, 2.24) is 5.32 Å². The largest absolute Gasteiger partial charge is 0.356 e. The Labute approximate surface area is 183 Å². The molecule has 0 aliphatic heterocycles. The molecule has 2 aromatic rings. The predicted molar refractivity (Wildman–Crippen MR) is 122 cm³/mol. The molecule has 8 heteroatoms. The first-order valence-electron chi connectivity index (χ1n) is 9.84. The molecular formula is C23H23FN4O2S. The number of benzene rings is 2. The molecule has 6 nitrogen and oxygen atoms in total. The second kappa shape index (κ2) is 10.2. The zero-order valence-electron chi connectivity index (χ0n) is 17.4. The third-order valence-corrected chi connectivity index (χ3v) is 6.07. The molecule has 0 spiro atoms. The maximum atomic E-state index is 14.0. The molecule has 160 valence electrons. The summed E-state index contributed by atoms with van der Waals surface area (Å²) in [4.78, 5) is 15.9. The minimum atomic E-state index is -1.04. The number of fused-ring (bicyclic) bond motifs is 1. The average molecular weight is 439 g/mol. The van der Waals surface area contributed by atoms with Crippen LogP contribution >= 0.6 is 0 Å². The molecule has 1 atom stereocenters. The fourth-order valence-corrected chi connectivity index (χ4v) is 4.07. The number of nitrogens with zero attached hydrogens (tertiary/aromatic N) is 3. The van der Waals surface area contributed by atoms with Crippen LogP contribution in [0.25, 0.3) is 27.7 Å². The van der Waals surface area contributed by atoms with Crippen LogP contribution in [-0.2, 0) is 15.6 Å². The Bertz CT molecular complexity index is 1130. The molecule has 1 amide bonds. The van der Waals surface area contributed by atoms with E-state index < -0.39 is 10.8 Å². The summed E-state index contributed by atoms with van der Waals surface area (Å²) in [5, 5.41) is 6.26. The summed E-state index contributed by atoms with van der Waals surface area (Å²) in [7, 11) is -1.04. The first kappa shape index (κ1) is 22.5. The van der Waals surface area contributed by atoms with Gasteiger partial charge in [0, 0.05) is 40.0 Å². The fraction of sp³-hybridized carbons (Fsp3) is 0.261. The van der Waals surface area contributed by atoms with Gasteiger partial charge in [0.2, 0.25) is 5.91 Å². The third-order valence-electron chi connectivity index (χ3n) is 5.13. The molecule has 1 N–H and O–H groups in total. The number of hydrogen-bond acceptors (Lipinski definition) is 3. The van der Waals surface area contributed by atoms with Gasteiger partial charge in [-0.25, -0.2) is 4.39 Å². The Morgan fingerprint density at radius 2 is 1.97 bits per heavy atom. The predicted octanol–water partition coefficient (Wildman–Crippen LogP) is 5.10. The lowest BCUT2D eigenvalue weighted by Gasteiger charge is -2.08. The molecule has 1 aliphatic carbocycles. The number of nitrogens with one attached hydrogen (secondary N) is 1. The lowest BCUT2D eigenvalue weighted by atomic mass is 10.0. The monoisotopic (exact) mass is 438 g/mol. The molecule has 0 radical (unpaired) electrons. The number of azide groups is 1. The van der Waals surface area contributed by atoms with Crippen LogP contribution < -0.4 is 5.32 Å². The Balaban J connectivity index is 1.87. The van der Waals surface area contributed by atoms with Crippen LogP contribution in [0.15, 0.2) is 58.0 Å². The van der Waals surface area contributed by atoms with E-state index in [1.807, 2.05) is 37.3 Å². The summed E-state index contributed by atoms with van der Waals surface area (Å²) >= 11 is 0. The summed E-state index contributed by atoms with van der Waals surface area (Å²) in [5.41, 5.74) is 13.5. The van der Waals surface area contributed by atoms with Crippen LogP contribution in [0, 0.1) is 5.82 Å². The highest BCUT2D eigenvalue weighted by atomic mass is 32.2. The molecule has 1 aliphatic rings. The number of hydrogen-bond donors (Lipinski definition) is 1. The molecule has 0 saturated carbocycles. The Kier molecular flexibility index (Phi) is 7.39. The number of carbonyl (C=O) groups is 1. The van der Waals surface area contributed by atoms with Gasteiger partial charge in [-0.15, -0.1) is 0 Å². The van der Waals surface area contributed by atoms with Crippen LogP contribution in [0.1, 0.15) is 36.5 Å².